The molecule has 2 aromatic carbocycles. The molecule has 1 aromatic heterocycles. The van der Waals surface area contributed by atoms with Gasteiger partial charge in [0.25, 0.3) is 0 Å². The molecule has 9 heteroatoms. The molecule has 3 aromatic rings. The van der Waals surface area contributed by atoms with Crippen LogP contribution in [0.4, 0.5) is 27.9 Å². The number of fused-ring (bicyclic) bond motifs is 4. The Labute approximate surface area is 234 Å². The molecule has 9 nitrogen and oxygen atoms in total. The van der Waals surface area contributed by atoms with Gasteiger partial charge in [-0.3, -0.25) is 4.90 Å². The average molecular weight is 541 g/mol. The molecule has 0 unspecified atom stereocenters. The number of carbonyl (C=O) groups is 1. The lowest BCUT2D eigenvalue weighted by Gasteiger charge is -2.57. The van der Waals surface area contributed by atoms with Gasteiger partial charge in [-0.1, -0.05) is 48.5 Å². The highest BCUT2D eigenvalue weighted by Crippen LogP contribution is 2.51. The zero-order chi connectivity index (χ0) is 27.6. The Kier molecular flexibility index (Phi) is 7.16. The van der Waals surface area contributed by atoms with Crippen molar-refractivity contribution in [1.29, 1.82) is 0 Å². The normalized spacial score (nSPS) is 23.6. The summed E-state index contributed by atoms with van der Waals surface area (Å²) in [5.41, 5.74) is 2.82. The Morgan fingerprint density at radius 1 is 1.00 bits per heavy atom. The number of aliphatic hydroxyl groups is 1. The lowest BCUT2D eigenvalue weighted by molar-refractivity contribution is -0.101. The number of hydrogen-bond donors (Lipinski definition) is 3. The fourth-order valence-electron chi connectivity index (χ4n) is 6.25. The number of hydrogen-bond acceptors (Lipinski definition) is 7. The molecule has 1 aliphatic heterocycles. The van der Waals surface area contributed by atoms with E-state index in [9.17, 15) is 9.90 Å². The van der Waals surface area contributed by atoms with E-state index >= 15 is 0 Å². The molecule has 3 fully saturated rings. The highest BCUT2D eigenvalue weighted by atomic mass is 16.5. The van der Waals surface area contributed by atoms with Crippen molar-refractivity contribution in [3.8, 4) is 0 Å². The quantitative estimate of drug-likeness (QED) is 0.175. The molecule has 0 spiro atoms. The third kappa shape index (κ3) is 5.14. The van der Waals surface area contributed by atoms with Gasteiger partial charge in [-0.05, 0) is 56.2 Å². The number of amides is 2. The number of anilines is 4. The molecule has 0 atom stereocenters. The predicted octanol–water partition coefficient (Wildman–Crippen LogP) is 5.57. The summed E-state index contributed by atoms with van der Waals surface area (Å²) < 4.78 is 5.48. The van der Waals surface area contributed by atoms with Crippen LogP contribution in [-0.4, -0.2) is 50.5 Å². The van der Waals surface area contributed by atoms with Crippen LogP contribution in [0.25, 0.3) is 0 Å². The van der Waals surface area contributed by atoms with Crippen molar-refractivity contribution in [3.63, 3.8) is 0 Å². The second-order valence-corrected chi connectivity index (χ2v) is 11.1. The lowest BCUT2D eigenvalue weighted by Crippen LogP contribution is -2.63. The van der Waals surface area contributed by atoms with Crippen LogP contribution < -0.4 is 15.5 Å². The summed E-state index contributed by atoms with van der Waals surface area (Å²) in [6, 6.07) is 17.8. The van der Waals surface area contributed by atoms with Crippen molar-refractivity contribution in [3.05, 3.63) is 84.6 Å². The van der Waals surface area contributed by atoms with Crippen LogP contribution >= 0.6 is 0 Å². The van der Waals surface area contributed by atoms with E-state index in [4.69, 9.17) is 9.72 Å². The lowest BCUT2D eigenvalue weighted by atomic mass is 9.62. The minimum atomic E-state index is -0.561. The van der Waals surface area contributed by atoms with Gasteiger partial charge in [-0.2, -0.15) is 4.98 Å². The van der Waals surface area contributed by atoms with Crippen molar-refractivity contribution in [2.24, 2.45) is 0 Å². The Bertz CT molecular complexity index is 1360. The van der Waals surface area contributed by atoms with Crippen molar-refractivity contribution in [1.82, 2.24) is 14.9 Å². The molecule has 0 radical (unpaired) electrons. The second kappa shape index (κ2) is 10.9. The van der Waals surface area contributed by atoms with Gasteiger partial charge in [0.2, 0.25) is 5.95 Å². The van der Waals surface area contributed by atoms with E-state index in [1.54, 1.807) is 11.0 Å². The highest BCUT2D eigenvalue weighted by Gasteiger charge is 2.53. The fraction of sp³-hybridized carbons (Fsp3) is 0.387. The largest absolute Gasteiger partial charge is 0.390 e. The van der Waals surface area contributed by atoms with Gasteiger partial charge in [0, 0.05) is 17.3 Å². The smallest absolute Gasteiger partial charge is 0.326 e. The monoisotopic (exact) mass is 540 g/mol. The van der Waals surface area contributed by atoms with Gasteiger partial charge in [0.15, 0.2) is 0 Å². The van der Waals surface area contributed by atoms with Gasteiger partial charge in [-0.15, -0.1) is 6.58 Å². The van der Waals surface area contributed by atoms with Gasteiger partial charge in [0.05, 0.1) is 36.7 Å². The van der Waals surface area contributed by atoms with Crippen LogP contribution in [0.3, 0.4) is 0 Å². The third-order valence-corrected chi connectivity index (χ3v) is 8.58. The van der Waals surface area contributed by atoms with Crippen LogP contribution in [0.1, 0.15) is 49.7 Å². The molecule has 2 bridgehead atoms. The molecule has 208 valence electrons. The molecule has 40 heavy (non-hydrogen) atoms. The van der Waals surface area contributed by atoms with E-state index in [-0.39, 0.29) is 11.6 Å². The number of carbonyl (C=O) groups excluding carboxylic acids is 1. The molecule has 2 amide bonds. The van der Waals surface area contributed by atoms with Crippen LogP contribution in [0.2, 0.25) is 0 Å². The SMILES string of the molecule is C=CCOCNc1ccccc1Nc1ncc2c(n1)N(Cc1ccccc1)C(=O)N(C13CCC(O)(CC1)CC3)C2. The molecule has 3 saturated carbocycles. The Hall–Kier alpha value is -3.95. The maximum atomic E-state index is 14.2. The maximum Gasteiger partial charge on any atom is 0.326 e. The van der Waals surface area contributed by atoms with Crippen LogP contribution in [0, 0.1) is 0 Å². The fourth-order valence-corrected chi connectivity index (χ4v) is 6.25. The van der Waals surface area contributed by atoms with E-state index in [1.165, 1.54) is 0 Å². The van der Waals surface area contributed by atoms with E-state index < -0.39 is 5.60 Å². The van der Waals surface area contributed by atoms with Crippen molar-refractivity contribution in [2.75, 3.05) is 28.9 Å². The zero-order valence-electron chi connectivity index (χ0n) is 22.7. The summed E-state index contributed by atoms with van der Waals surface area (Å²) in [5, 5.41) is 17.4. The molecule has 3 N–H and O–H groups in total. The van der Waals surface area contributed by atoms with Crippen LogP contribution in [-0.2, 0) is 17.8 Å². The number of nitrogens with zero attached hydrogens (tertiary/aromatic N) is 4. The minimum Gasteiger partial charge on any atom is -0.390 e. The van der Waals surface area contributed by atoms with E-state index in [2.05, 4.69) is 22.2 Å². The Morgan fingerprint density at radius 3 is 2.42 bits per heavy atom. The van der Waals surface area contributed by atoms with Gasteiger partial charge >= 0.3 is 6.03 Å². The topological polar surface area (TPSA) is 103 Å². The molecular weight excluding hydrogens is 504 g/mol. The minimum absolute atomic E-state index is 0.0326. The van der Waals surface area contributed by atoms with Gasteiger partial charge in [-0.25, -0.2) is 9.78 Å². The van der Waals surface area contributed by atoms with Gasteiger partial charge < -0.3 is 25.4 Å². The van der Waals surface area contributed by atoms with Gasteiger partial charge in [0.1, 0.15) is 12.5 Å². The summed E-state index contributed by atoms with van der Waals surface area (Å²) in [5.74, 6) is 1.04. The predicted molar refractivity (Wildman–Crippen MR) is 155 cm³/mol. The first-order valence-corrected chi connectivity index (χ1v) is 14.0. The number of rotatable bonds is 10. The average Bonchev–Trinajstić information content (AvgIpc) is 2.99. The van der Waals surface area contributed by atoms with Crippen molar-refractivity contribution < 1.29 is 14.6 Å². The molecule has 4 aliphatic rings. The van der Waals surface area contributed by atoms with Crippen molar-refractivity contribution >= 4 is 29.2 Å². The summed E-state index contributed by atoms with van der Waals surface area (Å²) in [6.07, 6.45) is 8.25. The molecule has 0 saturated heterocycles. The van der Waals surface area contributed by atoms with Crippen LogP contribution in [0.15, 0.2) is 73.4 Å². The van der Waals surface area contributed by atoms with Crippen LogP contribution in [0.5, 0.6) is 0 Å². The number of ether oxygens (including phenoxy) is 1. The van der Waals surface area contributed by atoms with E-state index in [1.807, 2.05) is 65.7 Å². The summed E-state index contributed by atoms with van der Waals surface area (Å²) in [6.45, 7) is 5.35. The van der Waals surface area contributed by atoms with Crippen molar-refractivity contribution in [2.45, 2.75) is 62.8 Å². The summed E-state index contributed by atoms with van der Waals surface area (Å²) in [7, 11) is 0. The molecule has 2 heterocycles. The Balaban J connectivity index is 1.30. The number of nitrogens with one attached hydrogen (secondary N) is 2. The third-order valence-electron chi connectivity index (χ3n) is 8.58. The molecule has 3 aliphatic carbocycles. The number of aromatic nitrogens is 2. The maximum absolute atomic E-state index is 14.2. The number of para-hydroxylation sites is 2. The number of benzene rings is 2. The first-order chi connectivity index (χ1) is 19.5. The first kappa shape index (κ1) is 26.3. The first-order valence-electron chi connectivity index (χ1n) is 14.0. The zero-order valence-corrected chi connectivity index (χ0v) is 22.7. The number of urea groups is 1. The molecule has 7 rings (SSSR count). The second-order valence-electron chi connectivity index (χ2n) is 11.1. The van der Waals surface area contributed by atoms with E-state index in [0.717, 1.165) is 61.0 Å². The van der Waals surface area contributed by atoms with E-state index in [0.29, 0.717) is 38.2 Å². The Morgan fingerprint density at radius 2 is 1.70 bits per heavy atom. The summed E-state index contributed by atoms with van der Waals surface area (Å²) in [4.78, 5) is 27.6. The molecular formula is C31H36N6O3. The summed E-state index contributed by atoms with van der Waals surface area (Å²) >= 11 is 0. The standard InChI is InChI=1S/C31H36N6O3/c1-2-18-40-22-33-25-10-6-7-11-26(25)34-28-32-19-24-21-37(30-12-15-31(39,16-13-30)17-14-30)29(38)36(27(24)35-28)20-23-8-4-3-5-9-23/h2-11,19,33,39H,1,12-18,20-22H2,(H,32,34,35). The highest BCUT2D eigenvalue weighted by molar-refractivity contribution is 5.94.